The van der Waals surface area contributed by atoms with Crippen LogP contribution < -0.4 is 10.6 Å². The molecule has 1 aromatic heterocycles. The van der Waals surface area contributed by atoms with Crippen molar-refractivity contribution in [3.63, 3.8) is 0 Å². The van der Waals surface area contributed by atoms with Gasteiger partial charge in [-0.05, 0) is 50.2 Å². The number of nitrogens with zero attached hydrogens (tertiary/aromatic N) is 1. The molecule has 3 rings (SSSR count). The number of aromatic nitrogens is 1. The van der Waals surface area contributed by atoms with Crippen molar-refractivity contribution in [2.45, 2.75) is 13.8 Å². The van der Waals surface area contributed by atoms with Crippen LogP contribution in [0.4, 0.5) is 11.4 Å². The molecule has 2 aromatic carbocycles. The molecular formula is C22H19N3O3. The van der Waals surface area contributed by atoms with Gasteiger partial charge in [-0.3, -0.25) is 14.4 Å². The summed E-state index contributed by atoms with van der Waals surface area (Å²) in [5, 5.41) is 5.44. The number of hydrogen-bond donors (Lipinski definition) is 2. The summed E-state index contributed by atoms with van der Waals surface area (Å²) in [5.74, 6) is -0.966. The number of carbonyl (C=O) groups is 3. The highest BCUT2D eigenvalue weighted by Gasteiger charge is 2.13. The van der Waals surface area contributed by atoms with E-state index in [2.05, 4.69) is 15.6 Å². The van der Waals surface area contributed by atoms with E-state index in [-0.39, 0.29) is 17.2 Å². The van der Waals surface area contributed by atoms with Crippen LogP contribution in [-0.2, 0) is 0 Å². The molecule has 0 fully saturated rings. The first-order valence-electron chi connectivity index (χ1n) is 8.70. The smallest absolute Gasteiger partial charge is 0.274 e. The standard InChI is InChI=1S/C22H19N3O3/c1-14-9-11-17(12-10-14)23-21(27)19-7-4-8-20(25-19)22(28)24-18-6-3-5-16(13-18)15(2)26/h3-13H,1-2H3,(H,23,27)(H,24,28). The normalized spacial score (nSPS) is 10.2. The minimum Gasteiger partial charge on any atom is -0.321 e. The van der Waals surface area contributed by atoms with Crippen LogP contribution in [-0.4, -0.2) is 22.6 Å². The third-order valence-electron chi connectivity index (χ3n) is 4.05. The van der Waals surface area contributed by atoms with Gasteiger partial charge in [0.1, 0.15) is 11.4 Å². The van der Waals surface area contributed by atoms with Crippen LogP contribution in [0.1, 0.15) is 43.8 Å². The largest absolute Gasteiger partial charge is 0.321 e. The molecule has 0 spiro atoms. The average molecular weight is 373 g/mol. The number of anilines is 2. The van der Waals surface area contributed by atoms with Crippen LogP contribution >= 0.6 is 0 Å². The molecule has 0 atom stereocenters. The van der Waals surface area contributed by atoms with Gasteiger partial charge in [-0.25, -0.2) is 4.98 Å². The molecule has 0 bridgehead atoms. The quantitative estimate of drug-likeness (QED) is 0.659. The fraction of sp³-hybridized carbons (Fsp3) is 0.0909. The van der Waals surface area contributed by atoms with Gasteiger partial charge in [0.05, 0.1) is 0 Å². The summed E-state index contributed by atoms with van der Waals surface area (Å²) in [4.78, 5) is 40.5. The summed E-state index contributed by atoms with van der Waals surface area (Å²) < 4.78 is 0. The second-order valence-corrected chi connectivity index (χ2v) is 6.32. The number of ketones is 1. The maximum Gasteiger partial charge on any atom is 0.274 e. The molecular weight excluding hydrogens is 354 g/mol. The van der Waals surface area contributed by atoms with E-state index in [1.807, 2.05) is 19.1 Å². The molecule has 6 heteroatoms. The first-order chi connectivity index (χ1) is 13.4. The number of nitrogens with one attached hydrogen (secondary N) is 2. The molecule has 2 N–H and O–H groups in total. The number of hydrogen-bond acceptors (Lipinski definition) is 4. The summed E-state index contributed by atoms with van der Waals surface area (Å²) in [6.45, 7) is 3.42. The van der Waals surface area contributed by atoms with Gasteiger partial charge in [-0.2, -0.15) is 0 Å². The van der Waals surface area contributed by atoms with Gasteiger partial charge in [0, 0.05) is 16.9 Å². The van der Waals surface area contributed by atoms with E-state index in [1.165, 1.54) is 19.1 Å². The summed E-state index contributed by atoms with van der Waals surface area (Å²) in [5.41, 5.74) is 2.94. The number of pyridine rings is 1. The molecule has 0 aliphatic carbocycles. The molecule has 140 valence electrons. The van der Waals surface area contributed by atoms with Crippen LogP contribution in [0.25, 0.3) is 0 Å². The van der Waals surface area contributed by atoms with Crippen LogP contribution in [0.15, 0.2) is 66.7 Å². The van der Waals surface area contributed by atoms with Gasteiger partial charge in [0.15, 0.2) is 5.78 Å². The molecule has 0 saturated carbocycles. The zero-order chi connectivity index (χ0) is 20.1. The Morgan fingerprint density at radius 3 is 1.93 bits per heavy atom. The molecule has 0 saturated heterocycles. The van der Waals surface area contributed by atoms with E-state index in [9.17, 15) is 14.4 Å². The molecule has 3 aromatic rings. The highest BCUT2D eigenvalue weighted by atomic mass is 16.2. The van der Waals surface area contributed by atoms with Gasteiger partial charge < -0.3 is 10.6 Å². The zero-order valence-corrected chi connectivity index (χ0v) is 15.5. The van der Waals surface area contributed by atoms with E-state index >= 15 is 0 Å². The first kappa shape index (κ1) is 19.0. The van der Waals surface area contributed by atoms with Crippen molar-refractivity contribution in [1.29, 1.82) is 0 Å². The van der Waals surface area contributed by atoms with Gasteiger partial charge >= 0.3 is 0 Å². The Hall–Kier alpha value is -3.80. The highest BCUT2D eigenvalue weighted by Crippen LogP contribution is 2.14. The Balaban J connectivity index is 1.74. The monoisotopic (exact) mass is 373 g/mol. The van der Waals surface area contributed by atoms with Crippen molar-refractivity contribution >= 4 is 29.0 Å². The molecule has 0 unspecified atom stereocenters. The van der Waals surface area contributed by atoms with Crippen molar-refractivity contribution in [2.24, 2.45) is 0 Å². The van der Waals surface area contributed by atoms with Crippen LogP contribution in [0, 0.1) is 6.92 Å². The third kappa shape index (κ3) is 4.67. The molecule has 6 nitrogen and oxygen atoms in total. The predicted molar refractivity (Wildman–Crippen MR) is 108 cm³/mol. The number of Topliss-reactive ketones (excluding diaryl/α,β-unsaturated/α-hetero) is 1. The fourth-order valence-corrected chi connectivity index (χ4v) is 2.53. The van der Waals surface area contributed by atoms with Crippen LogP contribution in [0.2, 0.25) is 0 Å². The van der Waals surface area contributed by atoms with Crippen molar-refractivity contribution in [2.75, 3.05) is 10.6 Å². The second kappa shape index (κ2) is 8.26. The van der Waals surface area contributed by atoms with Gasteiger partial charge in [0.2, 0.25) is 0 Å². The SMILES string of the molecule is CC(=O)c1cccc(NC(=O)c2cccc(C(=O)Nc3ccc(C)cc3)n2)c1. The van der Waals surface area contributed by atoms with Gasteiger partial charge in [0.25, 0.3) is 11.8 Å². The van der Waals surface area contributed by atoms with Crippen molar-refractivity contribution in [1.82, 2.24) is 4.98 Å². The Kier molecular flexibility index (Phi) is 5.60. The fourth-order valence-electron chi connectivity index (χ4n) is 2.53. The van der Waals surface area contributed by atoms with E-state index in [0.29, 0.717) is 16.9 Å². The summed E-state index contributed by atoms with van der Waals surface area (Å²) in [6, 6.07) is 18.7. The molecule has 0 aliphatic rings. The summed E-state index contributed by atoms with van der Waals surface area (Å²) in [7, 11) is 0. The van der Waals surface area contributed by atoms with E-state index in [0.717, 1.165) is 5.56 Å². The average Bonchev–Trinajstić information content (AvgIpc) is 2.70. The van der Waals surface area contributed by atoms with Gasteiger partial charge in [-0.1, -0.05) is 35.9 Å². The predicted octanol–water partition coefficient (Wildman–Crippen LogP) is 4.10. The number of aryl methyl sites for hydroxylation is 1. The number of carbonyl (C=O) groups excluding carboxylic acids is 3. The third-order valence-corrected chi connectivity index (χ3v) is 4.05. The van der Waals surface area contributed by atoms with E-state index in [4.69, 9.17) is 0 Å². The number of rotatable bonds is 5. The van der Waals surface area contributed by atoms with Crippen LogP contribution in [0.5, 0.6) is 0 Å². The number of amides is 2. The topological polar surface area (TPSA) is 88.2 Å². The molecule has 1 heterocycles. The first-order valence-corrected chi connectivity index (χ1v) is 8.70. The molecule has 28 heavy (non-hydrogen) atoms. The lowest BCUT2D eigenvalue weighted by Crippen LogP contribution is -2.18. The lowest BCUT2D eigenvalue weighted by atomic mass is 10.1. The highest BCUT2D eigenvalue weighted by molar-refractivity contribution is 6.06. The van der Waals surface area contributed by atoms with Crippen molar-refractivity contribution < 1.29 is 14.4 Å². The van der Waals surface area contributed by atoms with E-state index in [1.54, 1.807) is 42.5 Å². The Morgan fingerprint density at radius 2 is 1.32 bits per heavy atom. The summed E-state index contributed by atoms with van der Waals surface area (Å²) in [6.07, 6.45) is 0. The van der Waals surface area contributed by atoms with Crippen molar-refractivity contribution in [3.8, 4) is 0 Å². The maximum atomic E-state index is 12.5. The zero-order valence-electron chi connectivity index (χ0n) is 15.5. The Bertz CT molecular complexity index is 1040. The Labute approximate surface area is 162 Å². The van der Waals surface area contributed by atoms with E-state index < -0.39 is 11.8 Å². The van der Waals surface area contributed by atoms with Crippen LogP contribution in [0.3, 0.4) is 0 Å². The molecule has 0 aliphatic heterocycles. The minimum absolute atomic E-state index is 0.0935. The van der Waals surface area contributed by atoms with Gasteiger partial charge in [-0.15, -0.1) is 0 Å². The second-order valence-electron chi connectivity index (χ2n) is 6.32. The maximum absolute atomic E-state index is 12.5. The lowest BCUT2D eigenvalue weighted by Gasteiger charge is -2.08. The summed E-state index contributed by atoms with van der Waals surface area (Å²) >= 11 is 0. The van der Waals surface area contributed by atoms with Crippen molar-refractivity contribution in [3.05, 3.63) is 89.2 Å². The number of benzene rings is 2. The minimum atomic E-state index is -0.467. The molecule has 2 amide bonds. The lowest BCUT2D eigenvalue weighted by molar-refractivity contribution is 0.100. The Morgan fingerprint density at radius 1 is 0.750 bits per heavy atom. The molecule has 0 radical (unpaired) electrons.